The Hall–Kier alpha value is 0.439. The van der Waals surface area contributed by atoms with Gasteiger partial charge in [0.1, 0.15) is 0 Å². The fourth-order valence-electron chi connectivity index (χ4n) is 0.599. The third-order valence-corrected chi connectivity index (χ3v) is 1.91. The molecule has 0 unspecified atom stereocenters. The molecule has 1 fully saturated rings. The molecular weight excluding hydrogens is 157 g/mol. The monoisotopic (exact) mass is 167 g/mol. The first kappa shape index (κ1) is 5.57. The molecule has 1 N–H and O–H groups in total. The van der Waals surface area contributed by atoms with Gasteiger partial charge in [-0.1, -0.05) is 0 Å². The van der Waals surface area contributed by atoms with Crippen LogP contribution in [0.25, 0.3) is 0 Å². The SMILES string of the molecule is [Se-][NH+]1CCOCC1. The summed E-state index contributed by atoms with van der Waals surface area (Å²) < 4.78 is 6.56. The second-order valence-corrected chi connectivity index (χ2v) is 2.86. The standard InChI is InChI=1S/C4H9NOSe/c7-5-1-3-6-4-2-5/h5H,1-4H2. The molecule has 0 aliphatic carbocycles. The Kier molecular flexibility index (Phi) is 2.13. The predicted octanol–water partition coefficient (Wildman–Crippen LogP) is -2.01. The van der Waals surface area contributed by atoms with Crippen LogP contribution in [-0.4, -0.2) is 42.5 Å². The van der Waals surface area contributed by atoms with Crippen molar-refractivity contribution in [3.05, 3.63) is 0 Å². The van der Waals surface area contributed by atoms with Crippen LogP contribution in [0, 0.1) is 0 Å². The van der Waals surface area contributed by atoms with Gasteiger partial charge in [-0.15, -0.1) is 0 Å². The number of nitrogens with one attached hydrogen (secondary N) is 1. The van der Waals surface area contributed by atoms with E-state index in [1.807, 2.05) is 0 Å². The van der Waals surface area contributed by atoms with Crippen molar-refractivity contribution in [2.45, 2.75) is 0 Å². The quantitative estimate of drug-likeness (QED) is 0.410. The number of hydrogen-bond acceptors (Lipinski definition) is 1. The van der Waals surface area contributed by atoms with E-state index >= 15 is 0 Å². The second kappa shape index (κ2) is 2.68. The van der Waals surface area contributed by atoms with Crippen molar-refractivity contribution in [3.63, 3.8) is 0 Å². The molecule has 1 saturated heterocycles. The summed E-state index contributed by atoms with van der Waals surface area (Å²) in [4.78, 5) is 0. The van der Waals surface area contributed by atoms with Gasteiger partial charge >= 0.3 is 51.2 Å². The van der Waals surface area contributed by atoms with Gasteiger partial charge in [-0.05, 0) is 0 Å². The van der Waals surface area contributed by atoms with E-state index in [-0.39, 0.29) is 0 Å². The predicted molar refractivity (Wildman–Crippen MR) is 27.3 cm³/mol. The second-order valence-electron chi connectivity index (χ2n) is 1.65. The summed E-state index contributed by atoms with van der Waals surface area (Å²) in [5.74, 6) is 0. The molecule has 0 aromatic heterocycles. The molecule has 0 aromatic carbocycles. The first-order valence-electron chi connectivity index (χ1n) is 2.49. The Morgan fingerprint density at radius 1 is 1.29 bits per heavy atom. The first-order valence-corrected chi connectivity index (χ1v) is 3.35. The molecule has 0 saturated carbocycles. The third kappa shape index (κ3) is 1.78. The van der Waals surface area contributed by atoms with Crippen LogP contribution in [0.15, 0.2) is 0 Å². The topological polar surface area (TPSA) is 13.7 Å². The maximum atomic E-state index is 5.10. The van der Waals surface area contributed by atoms with Crippen LogP contribution in [0.4, 0.5) is 0 Å². The molecule has 0 bridgehead atoms. The van der Waals surface area contributed by atoms with Crippen LogP contribution in [0.3, 0.4) is 0 Å². The van der Waals surface area contributed by atoms with E-state index in [1.54, 1.807) is 0 Å². The zero-order valence-electron chi connectivity index (χ0n) is 4.14. The van der Waals surface area contributed by atoms with Gasteiger partial charge in [-0.2, -0.15) is 0 Å². The van der Waals surface area contributed by atoms with Crippen LogP contribution >= 0.6 is 0 Å². The molecule has 1 aliphatic rings. The molecule has 0 radical (unpaired) electrons. The van der Waals surface area contributed by atoms with Crippen molar-refractivity contribution in [3.8, 4) is 0 Å². The van der Waals surface area contributed by atoms with Gasteiger partial charge in [-0.3, -0.25) is 0 Å². The van der Waals surface area contributed by atoms with Gasteiger partial charge in [0, 0.05) is 0 Å². The summed E-state index contributed by atoms with van der Waals surface area (Å²) in [5.41, 5.74) is 0. The maximum absolute atomic E-state index is 5.10. The summed E-state index contributed by atoms with van der Waals surface area (Å²) in [7, 11) is 0. The number of ether oxygens (including phenoxy) is 1. The van der Waals surface area contributed by atoms with Crippen molar-refractivity contribution in [2.75, 3.05) is 26.3 Å². The zero-order chi connectivity index (χ0) is 5.11. The van der Waals surface area contributed by atoms with Crippen molar-refractivity contribution in [1.29, 1.82) is 0 Å². The van der Waals surface area contributed by atoms with Crippen molar-refractivity contribution < 1.29 is 8.65 Å². The fraction of sp³-hybridized carbons (Fsp3) is 1.00. The van der Waals surface area contributed by atoms with Gasteiger partial charge in [0.2, 0.25) is 0 Å². The number of rotatable bonds is 0. The molecule has 42 valence electrons. The van der Waals surface area contributed by atoms with E-state index < -0.39 is 0 Å². The van der Waals surface area contributed by atoms with E-state index in [2.05, 4.69) is 16.2 Å². The van der Waals surface area contributed by atoms with Crippen LogP contribution in [0.5, 0.6) is 0 Å². The van der Waals surface area contributed by atoms with Gasteiger partial charge in [-0.25, -0.2) is 0 Å². The Bertz CT molecular complexity index is 53.7. The molecule has 0 amide bonds. The normalized spacial score (nSPS) is 25.3. The van der Waals surface area contributed by atoms with Gasteiger partial charge < -0.3 is 0 Å². The molecule has 1 rings (SSSR count). The number of morpholine rings is 1. The number of hydrogen-bond donors (Lipinski definition) is 1. The Balaban J connectivity index is 2.12. The average molecular weight is 166 g/mol. The van der Waals surface area contributed by atoms with E-state index in [4.69, 9.17) is 4.74 Å². The van der Waals surface area contributed by atoms with Crippen LogP contribution in [0.1, 0.15) is 0 Å². The zero-order valence-corrected chi connectivity index (χ0v) is 5.86. The van der Waals surface area contributed by atoms with Crippen LogP contribution in [0.2, 0.25) is 0 Å². The number of quaternary nitrogens is 1. The van der Waals surface area contributed by atoms with Crippen LogP contribution < -0.4 is 3.92 Å². The third-order valence-electron chi connectivity index (χ3n) is 1.05. The van der Waals surface area contributed by atoms with E-state index in [0.717, 1.165) is 26.3 Å². The summed E-state index contributed by atoms with van der Waals surface area (Å²) in [6.07, 6.45) is 0. The van der Waals surface area contributed by atoms with Crippen molar-refractivity contribution in [1.82, 2.24) is 0 Å². The van der Waals surface area contributed by atoms with Gasteiger partial charge in [0.25, 0.3) is 0 Å². The summed E-state index contributed by atoms with van der Waals surface area (Å²) in [6, 6.07) is 0. The summed E-state index contributed by atoms with van der Waals surface area (Å²) >= 11 is 3.02. The van der Waals surface area contributed by atoms with Crippen LogP contribution in [-0.2, 0) is 4.74 Å². The minimum atomic E-state index is 0.919. The Labute approximate surface area is 51.8 Å². The molecule has 1 heterocycles. The molecule has 3 heteroatoms. The Morgan fingerprint density at radius 2 is 1.86 bits per heavy atom. The minimum absolute atomic E-state index is 0.919. The van der Waals surface area contributed by atoms with Gasteiger partial charge in [0.05, 0.1) is 0 Å². The molecule has 0 atom stereocenters. The first-order chi connectivity index (χ1) is 3.39. The van der Waals surface area contributed by atoms with Crippen molar-refractivity contribution in [2.24, 2.45) is 0 Å². The summed E-state index contributed by atoms with van der Waals surface area (Å²) in [5, 5.41) is 0. The molecule has 1 aliphatic heterocycles. The summed E-state index contributed by atoms with van der Waals surface area (Å²) in [6.45, 7) is 4.09. The fourth-order valence-corrected chi connectivity index (χ4v) is 0.949. The molecular formula is C4H9NOSe. The Morgan fingerprint density at radius 3 is 2.14 bits per heavy atom. The molecule has 0 spiro atoms. The van der Waals surface area contributed by atoms with Gasteiger partial charge in [0.15, 0.2) is 0 Å². The van der Waals surface area contributed by atoms with E-state index in [1.165, 1.54) is 3.92 Å². The van der Waals surface area contributed by atoms with Crippen molar-refractivity contribution >= 4 is 16.2 Å². The molecule has 2 nitrogen and oxygen atoms in total. The van der Waals surface area contributed by atoms with E-state index in [0.29, 0.717) is 0 Å². The average Bonchev–Trinajstić information content (AvgIpc) is 1.69. The molecule has 7 heavy (non-hydrogen) atoms. The van der Waals surface area contributed by atoms with E-state index in [9.17, 15) is 0 Å². The molecule has 0 aromatic rings.